The third-order valence-corrected chi connectivity index (χ3v) is 4.41. The van der Waals surface area contributed by atoms with Crippen LogP contribution in [0.25, 0.3) is 0 Å². The summed E-state index contributed by atoms with van der Waals surface area (Å²) in [5, 5.41) is 0. The first-order chi connectivity index (χ1) is 9.96. The number of furan rings is 1. The predicted molar refractivity (Wildman–Crippen MR) is 78.4 cm³/mol. The Balaban J connectivity index is 2.26. The minimum atomic E-state index is -3.72. The highest BCUT2D eigenvalue weighted by Crippen LogP contribution is 2.25. The number of nitrogens with one attached hydrogen (secondary N) is 1. The molecule has 0 unspecified atom stereocenters. The summed E-state index contributed by atoms with van der Waals surface area (Å²) in [6, 6.07) is 8.33. The fourth-order valence-electron chi connectivity index (χ4n) is 1.88. The molecule has 1 aromatic carbocycles. The lowest BCUT2D eigenvalue weighted by atomic mass is 10.2. The molecule has 21 heavy (non-hydrogen) atoms. The number of benzene rings is 1. The molecule has 0 aliphatic rings. The van der Waals surface area contributed by atoms with Gasteiger partial charge in [-0.1, -0.05) is 6.07 Å². The van der Waals surface area contributed by atoms with E-state index in [1.165, 1.54) is 13.2 Å². The van der Waals surface area contributed by atoms with E-state index in [-0.39, 0.29) is 23.7 Å². The van der Waals surface area contributed by atoms with E-state index in [0.29, 0.717) is 11.3 Å². The summed E-state index contributed by atoms with van der Waals surface area (Å²) in [5.74, 6) is 1.55. The third kappa shape index (κ3) is 3.63. The van der Waals surface area contributed by atoms with E-state index in [2.05, 4.69) is 4.72 Å². The highest BCUT2D eigenvalue weighted by Gasteiger charge is 2.20. The Morgan fingerprint density at radius 2 is 2.05 bits per heavy atom. The lowest BCUT2D eigenvalue weighted by Crippen LogP contribution is -2.23. The van der Waals surface area contributed by atoms with Gasteiger partial charge in [0.05, 0.1) is 13.7 Å². The number of hydrogen-bond acceptors (Lipinski definition) is 5. The Labute approximate surface area is 124 Å². The molecule has 1 aromatic heterocycles. The highest BCUT2D eigenvalue weighted by atomic mass is 32.2. The fraction of sp³-hybridized carbons (Fsp3) is 0.286. The van der Waals surface area contributed by atoms with Crippen molar-refractivity contribution in [3.05, 3.63) is 47.4 Å². The van der Waals surface area contributed by atoms with Crippen LogP contribution in [-0.4, -0.2) is 15.5 Å². The lowest BCUT2D eigenvalue weighted by molar-refractivity contribution is 0.401. The van der Waals surface area contributed by atoms with Crippen molar-refractivity contribution in [2.75, 3.05) is 7.11 Å². The van der Waals surface area contributed by atoms with Crippen molar-refractivity contribution in [3.8, 4) is 5.75 Å². The van der Waals surface area contributed by atoms with Crippen molar-refractivity contribution < 1.29 is 17.6 Å². The summed E-state index contributed by atoms with van der Waals surface area (Å²) in [6.45, 7) is 2.13. The minimum Gasteiger partial charge on any atom is -0.495 e. The van der Waals surface area contributed by atoms with Gasteiger partial charge in [0.25, 0.3) is 0 Å². The Kier molecular flexibility index (Phi) is 4.66. The molecular formula is C14H18N2O4S. The van der Waals surface area contributed by atoms with Gasteiger partial charge in [0.15, 0.2) is 0 Å². The van der Waals surface area contributed by atoms with Crippen molar-refractivity contribution in [2.45, 2.75) is 24.9 Å². The Morgan fingerprint density at radius 1 is 1.29 bits per heavy atom. The second kappa shape index (κ2) is 6.30. The van der Waals surface area contributed by atoms with Crippen LogP contribution in [0.2, 0.25) is 0 Å². The monoisotopic (exact) mass is 310 g/mol. The van der Waals surface area contributed by atoms with Gasteiger partial charge in [-0.3, -0.25) is 0 Å². The minimum absolute atomic E-state index is 0.0660. The van der Waals surface area contributed by atoms with Gasteiger partial charge in [-0.2, -0.15) is 0 Å². The number of hydrogen-bond donors (Lipinski definition) is 2. The predicted octanol–water partition coefficient (Wildman–Crippen LogP) is 1.53. The van der Waals surface area contributed by atoms with Crippen LogP contribution in [0.1, 0.15) is 17.1 Å². The normalized spacial score (nSPS) is 11.6. The molecule has 6 nitrogen and oxygen atoms in total. The Hall–Kier alpha value is -1.83. The quantitative estimate of drug-likeness (QED) is 0.844. The summed E-state index contributed by atoms with van der Waals surface area (Å²) in [7, 11) is -2.29. The molecule has 2 aromatic rings. The summed E-state index contributed by atoms with van der Waals surface area (Å²) in [4.78, 5) is 0.0660. The third-order valence-electron chi connectivity index (χ3n) is 2.99. The molecule has 0 aliphatic heterocycles. The zero-order chi connectivity index (χ0) is 15.5. The molecule has 0 amide bonds. The molecule has 2 rings (SSSR count). The van der Waals surface area contributed by atoms with E-state index >= 15 is 0 Å². The smallest absolute Gasteiger partial charge is 0.244 e. The van der Waals surface area contributed by atoms with Crippen LogP contribution in [-0.2, 0) is 23.1 Å². The van der Waals surface area contributed by atoms with Crippen LogP contribution in [0.3, 0.4) is 0 Å². The molecular weight excluding hydrogens is 292 g/mol. The summed E-state index contributed by atoms with van der Waals surface area (Å²) < 4.78 is 37.7. The van der Waals surface area contributed by atoms with Gasteiger partial charge in [-0.05, 0) is 36.8 Å². The van der Waals surface area contributed by atoms with Crippen molar-refractivity contribution in [1.82, 2.24) is 4.72 Å². The lowest BCUT2D eigenvalue weighted by Gasteiger charge is -2.11. The number of aryl methyl sites for hydroxylation is 1. The largest absolute Gasteiger partial charge is 0.495 e. The first kappa shape index (κ1) is 15.6. The molecule has 0 fully saturated rings. The first-order valence-corrected chi connectivity index (χ1v) is 7.86. The second-order valence-corrected chi connectivity index (χ2v) is 6.26. The van der Waals surface area contributed by atoms with Gasteiger partial charge in [-0.25, -0.2) is 13.1 Å². The number of sulfonamides is 1. The van der Waals surface area contributed by atoms with E-state index in [1.54, 1.807) is 31.2 Å². The summed E-state index contributed by atoms with van der Waals surface area (Å²) in [5.41, 5.74) is 6.26. The van der Waals surface area contributed by atoms with Crippen molar-refractivity contribution >= 4 is 10.0 Å². The topological polar surface area (TPSA) is 94.6 Å². The molecule has 0 atom stereocenters. The van der Waals surface area contributed by atoms with Crippen LogP contribution in [0.15, 0.2) is 39.6 Å². The zero-order valence-electron chi connectivity index (χ0n) is 11.9. The van der Waals surface area contributed by atoms with Gasteiger partial charge in [0, 0.05) is 6.54 Å². The number of rotatable bonds is 6. The van der Waals surface area contributed by atoms with Gasteiger partial charge >= 0.3 is 0 Å². The molecule has 0 radical (unpaired) electrons. The van der Waals surface area contributed by atoms with Crippen LogP contribution in [0, 0.1) is 6.92 Å². The van der Waals surface area contributed by atoms with Crippen molar-refractivity contribution in [1.29, 1.82) is 0 Å². The average molecular weight is 310 g/mol. The van der Waals surface area contributed by atoms with Crippen LogP contribution in [0.4, 0.5) is 0 Å². The molecule has 1 heterocycles. The van der Waals surface area contributed by atoms with E-state index in [1.807, 2.05) is 0 Å². The molecule has 0 aliphatic carbocycles. The Bertz CT molecular complexity index is 722. The van der Waals surface area contributed by atoms with Gasteiger partial charge in [0.2, 0.25) is 10.0 Å². The van der Waals surface area contributed by atoms with E-state index in [0.717, 1.165) is 5.76 Å². The maximum atomic E-state index is 12.4. The maximum Gasteiger partial charge on any atom is 0.244 e. The fourth-order valence-corrected chi connectivity index (χ4v) is 3.09. The highest BCUT2D eigenvalue weighted by molar-refractivity contribution is 7.89. The molecule has 3 N–H and O–H groups in total. The van der Waals surface area contributed by atoms with Gasteiger partial charge < -0.3 is 14.9 Å². The molecule has 0 saturated carbocycles. The standard InChI is InChI=1S/C14H18N2O4S/c1-10-3-5-12(20-10)9-16-21(17,18)14-7-11(8-15)4-6-13(14)19-2/h3-7,16H,8-9,15H2,1-2H3. The number of methoxy groups -OCH3 is 1. The Morgan fingerprint density at radius 3 is 2.62 bits per heavy atom. The number of ether oxygens (including phenoxy) is 1. The summed E-state index contributed by atoms with van der Waals surface area (Å²) in [6.07, 6.45) is 0. The molecule has 0 spiro atoms. The molecule has 7 heteroatoms. The van der Waals surface area contributed by atoms with Crippen molar-refractivity contribution in [3.63, 3.8) is 0 Å². The van der Waals surface area contributed by atoms with E-state index < -0.39 is 10.0 Å². The van der Waals surface area contributed by atoms with Gasteiger partial charge in [0.1, 0.15) is 22.2 Å². The first-order valence-electron chi connectivity index (χ1n) is 6.38. The van der Waals surface area contributed by atoms with E-state index in [9.17, 15) is 8.42 Å². The van der Waals surface area contributed by atoms with Crippen molar-refractivity contribution in [2.24, 2.45) is 5.73 Å². The molecule has 0 bridgehead atoms. The summed E-state index contributed by atoms with van der Waals surface area (Å²) >= 11 is 0. The van der Waals surface area contributed by atoms with Crippen LogP contribution >= 0.6 is 0 Å². The average Bonchev–Trinajstić information content (AvgIpc) is 2.90. The molecule has 114 valence electrons. The maximum absolute atomic E-state index is 12.4. The zero-order valence-corrected chi connectivity index (χ0v) is 12.7. The van der Waals surface area contributed by atoms with Crippen LogP contribution < -0.4 is 15.2 Å². The second-order valence-electron chi connectivity index (χ2n) is 4.53. The molecule has 0 saturated heterocycles. The van der Waals surface area contributed by atoms with E-state index in [4.69, 9.17) is 14.9 Å². The van der Waals surface area contributed by atoms with Crippen LogP contribution in [0.5, 0.6) is 5.75 Å². The van der Waals surface area contributed by atoms with Gasteiger partial charge in [-0.15, -0.1) is 0 Å². The SMILES string of the molecule is COc1ccc(CN)cc1S(=O)(=O)NCc1ccc(C)o1. The number of nitrogens with two attached hydrogens (primary N) is 1.